The van der Waals surface area contributed by atoms with Crippen molar-refractivity contribution >= 4 is 24.3 Å². The zero-order valence-electron chi connectivity index (χ0n) is 14.4. The minimum Gasteiger partial charge on any atom is -0.467 e. The second-order valence-corrected chi connectivity index (χ2v) is 5.44. The lowest BCUT2D eigenvalue weighted by atomic mass is 10.0. The molecule has 1 aromatic heterocycles. The van der Waals surface area contributed by atoms with Gasteiger partial charge in [0, 0.05) is 25.2 Å². The molecule has 2 atom stereocenters. The van der Waals surface area contributed by atoms with Crippen LogP contribution < -0.4 is 10.6 Å². The lowest BCUT2D eigenvalue weighted by molar-refractivity contribution is -0.145. The molecule has 2 unspecified atom stereocenters. The first-order chi connectivity index (χ1) is 11.5. The Kier molecular flexibility index (Phi) is 8.10. The summed E-state index contributed by atoms with van der Waals surface area (Å²) < 4.78 is 6.44. The van der Waals surface area contributed by atoms with Gasteiger partial charge in [-0.1, -0.05) is 30.3 Å². The maximum absolute atomic E-state index is 12.6. The van der Waals surface area contributed by atoms with Gasteiger partial charge < -0.3 is 15.4 Å². The third kappa shape index (κ3) is 5.58. The van der Waals surface area contributed by atoms with Crippen LogP contribution in [0.3, 0.4) is 0 Å². The molecule has 1 aromatic carbocycles. The highest BCUT2D eigenvalue weighted by molar-refractivity contribution is 5.88. The summed E-state index contributed by atoms with van der Waals surface area (Å²) in [6, 6.07) is 8.13. The summed E-state index contributed by atoms with van der Waals surface area (Å²) in [6.07, 6.45) is 3.74. The van der Waals surface area contributed by atoms with E-state index in [1.165, 1.54) is 7.11 Å². The van der Waals surface area contributed by atoms with E-state index in [0.717, 1.165) is 11.1 Å². The zero-order chi connectivity index (χ0) is 17.5. The second-order valence-electron chi connectivity index (χ2n) is 5.44. The van der Waals surface area contributed by atoms with Gasteiger partial charge in [0.25, 0.3) is 0 Å². The summed E-state index contributed by atoms with van der Waals surface area (Å²) in [5.41, 5.74) is 1.66. The summed E-state index contributed by atoms with van der Waals surface area (Å²) in [5, 5.41) is 9.77. The summed E-state index contributed by atoms with van der Waals surface area (Å²) in [7, 11) is 4.77. The molecule has 1 heterocycles. The molecule has 0 radical (unpaired) electrons. The normalized spacial score (nSPS) is 12.6. The van der Waals surface area contributed by atoms with Crippen LogP contribution in [0, 0.1) is 0 Å². The molecule has 0 bridgehead atoms. The van der Waals surface area contributed by atoms with E-state index < -0.39 is 18.1 Å². The van der Waals surface area contributed by atoms with Crippen LogP contribution in [0.25, 0.3) is 0 Å². The number of nitrogens with one attached hydrogen (secondary N) is 2. The summed E-state index contributed by atoms with van der Waals surface area (Å²) >= 11 is 0. The zero-order valence-corrected chi connectivity index (χ0v) is 15.2. The number of carbonyl (C=O) groups excluding carboxylic acids is 2. The molecule has 0 saturated heterocycles. The van der Waals surface area contributed by atoms with Crippen molar-refractivity contribution in [3.63, 3.8) is 0 Å². The molecular formula is C17H23ClN4O3. The monoisotopic (exact) mass is 366 g/mol. The number of ether oxygens (including phenoxy) is 1. The molecule has 2 aromatic rings. The average Bonchev–Trinajstić information content (AvgIpc) is 3.01. The number of rotatable bonds is 7. The van der Waals surface area contributed by atoms with Crippen LogP contribution in [0.1, 0.15) is 17.2 Å². The fourth-order valence-corrected chi connectivity index (χ4v) is 2.48. The standard InChI is InChI=1S/C17H22N4O3.ClH/c1-18-15(13-10-19-21(2)11-13)16(22)20-14(17(23)24-3)9-12-7-5-4-6-8-12;/h4-8,10-11,14-15,18H,9H2,1-3H3,(H,20,22);1H. The summed E-state index contributed by atoms with van der Waals surface area (Å²) in [5.74, 6) is -0.787. The molecule has 8 heteroatoms. The van der Waals surface area contributed by atoms with Crippen LogP contribution in [0.15, 0.2) is 42.7 Å². The third-order valence-corrected chi connectivity index (χ3v) is 3.69. The molecule has 136 valence electrons. The van der Waals surface area contributed by atoms with E-state index in [-0.39, 0.29) is 18.3 Å². The van der Waals surface area contributed by atoms with Gasteiger partial charge in [0.05, 0.1) is 13.3 Å². The number of esters is 1. The van der Waals surface area contributed by atoms with Crippen LogP contribution >= 0.6 is 12.4 Å². The molecule has 1 amide bonds. The molecule has 0 saturated carbocycles. The largest absolute Gasteiger partial charge is 0.467 e. The maximum Gasteiger partial charge on any atom is 0.328 e. The fraction of sp³-hybridized carbons (Fsp3) is 0.353. The van der Waals surface area contributed by atoms with E-state index in [2.05, 4.69) is 15.7 Å². The minimum absolute atomic E-state index is 0. The van der Waals surface area contributed by atoms with Crippen LogP contribution in [0.4, 0.5) is 0 Å². The van der Waals surface area contributed by atoms with E-state index in [4.69, 9.17) is 4.74 Å². The van der Waals surface area contributed by atoms with Gasteiger partial charge in [0.1, 0.15) is 12.1 Å². The van der Waals surface area contributed by atoms with Gasteiger partial charge in [0.15, 0.2) is 0 Å². The quantitative estimate of drug-likeness (QED) is 0.714. The summed E-state index contributed by atoms with van der Waals surface area (Å²) in [6.45, 7) is 0. The lowest BCUT2D eigenvalue weighted by Crippen LogP contribution is -2.47. The van der Waals surface area contributed by atoms with Gasteiger partial charge >= 0.3 is 5.97 Å². The van der Waals surface area contributed by atoms with Crippen molar-refractivity contribution in [2.75, 3.05) is 14.2 Å². The van der Waals surface area contributed by atoms with E-state index in [1.54, 1.807) is 31.2 Å². The Morgan fingerprint density at radius 1 is 1.28 bits per heavy atom. The smallest absolute Gasteiger partial charge is 0.328 e. The number of hydrogen-bond donors (Lipinski definition) is 2. The molecule has 25 heavy (non-hydrogen) atoms. The van der Waals surface area contributed by atoms with Gasteiger partial charge in [-0.2, -0.15) is 5.10 Å². The number of likely N-dealkylation sites (N-methyl/N-ethyl adjacent to an activating group) is 1. The number of benzene rings is 1. The highest BCUT2D eigenvalue weighted by Gasteiger charge is 2.27. The number of hydrogen-bond acceptors (Lipinski definition) is 5. The van der Waals surface area contributed by atoms with Crippen LogP contribution in [0.5, 0.6) is 0 Å². The number of amides is 1. The van der Waals surface area contributed by atoms with Crippen LogP contribution in [0.2, 0.25) is 0 Å². The van der Waals surface area contributed by atoms with E-state index in [0.29, 0.717) is 6.42 Å². The average molecular weight is 367 g/mol. The van der Waals surface area contributed by atoms with Crippen molar-refractivity contribution in [3.05, 3.63) is 53.9 Å². The lowest BCUT2D eigenvalue weighted by Gasteiger charge is -2.20. The van der Waals surface area contributed by atoms with E-state index in [1.807, 2.05) is 30.3 Å². The van der Waals surface area contributed by atoms with Gasteiger partial charge in [-0.05, 0) is 12.6 Å². The predicted octanol–water partition coefficient (Wildman–Crippen LogP) is 1.00. The Balaban J connectivity index is 0.00000312. The SMILES string of the molecule is CNC(C(=O)NC(Cc1ccccc1)C(=O)OC)c1cnn(C)c1.Cl. The van der Waals surface area contributed by atoms with Crippen molar-refractivity contribution in [1.29, 1.82) is 0 Å². The first-order valence-corrected chi connectivity index (χ1v) is 7.63. The Morgan fingerprint density at radius 3 is 2.48 bits per heavy atom. The predicted molar refractivity (Wildman–Crippen MR) is 96.3 cm³/mol. The van der Waals surface area contributed by atoms with Crippen molar-refractivity contribution in [1.82, 2.24) is 20.4 Å². The third-order valence-electron chi connectivity index (χ3n) is 3.69. The molecule has 0 aliphatic rings. The highest BCUT2D eigenvalue weighted by Crippen LogP contribution is 2.12. The van der Waals surface area contributed by atoms with Crippen molar-refractivity contribution < 1.29 is 14.3 Å². The highest BCUT2D eigenvalue weighted by atomic mass is 35.5. The Labute approximate surface area is 153 Å². The van der Waals surface area contributed by atoms with Crippen molar-refractivity contribution in [3.8, 4) is 0 Å². The molecule has 7 nitrogen and oxygen atoms in total. The number of nitrogens with zero attached hydrogens (tertiary/aromatic N) is 2. The van der Waals surface area contributed by atoms with Crippen molar-refractivity contribution in [2.45, 2.75) is 18.5 Å². The topological polar surface area (TPSA) is 85.2 Å². The van der Waals surface area contributed by atoms with Gasteiger partial charge in [0.2, 0.25) is 5.91 Å². The molecule has 2 rings (SSSR count). The molecule has 0 aliphatic heterocycles. The van der Waals surface area contributed by atoms with Gasteiger partial charge in [-0.3, -0.25) is 9.48 Å². The molecule has 2 N–H and O–H groups in total. The van der Waals surface area contributed by atoms with Crippen LogP contribution in [-0.2, 0) is 27.8 Å². The fourth-order valence-electron chi connectivity index (χ4n) is 2.48. The van der Waals surface area contributed by atoms with E-state index >= 15 is 0 Å². The first-order valence-electron chi connectivity index (χ1n) is 7.63. The number of methoxy groups -OCH3 is 1. The Bertz CT molecular complexity index is 690. The number of aryl methyl sites for hydroxylation is 1. The number of halogens is 1. The van der Waals surface area contributed by atoms with Crippen molar-refractivity contribution in [2.24, 2.45) is 7.05 Å². The number of carbonyl (C=O) groups is 2. The Morgan fingerprint density at radius 2 is 1.96 bits per heavy atom. The minimum atomic E-state index is -0.752. The summed E-state index contributed by atoms with van der Waals surface area (Å²) in [4.78, 5) is 24.6. The van der Waals surface area contributed by atoms with Gasteiger partial charge in [-0.25, -0.2) is 4.79 Å². The van der Waals surface area contributed by atoms with Gasteiger partial charge in [-0.15, -0.1) is 12.4 Å². The van der Waals surface area contributed by atoms with Crippen LogP contribution in [-0.4, -0.2) is 41.9 Å². The maximum atomic E-state index is 12.6. The molecular weight excluding hydrogens is 344 g/mol. The molecule has 0 spiro atoms. The Hall–Kier alpha value is -2.38. The number of aromatic nitrogens is 2. The first kappa shape index (κ1) is 20.7. The second kappa shape index (κ2) is 9.80. The van der Waals surface area contributed by atoms with E-state index in [9.17, 15) is 9.59 Å². The molecule has 0 fully saturated rings. The molecule has 0 aliphatic carbocycles.